The third kappa shape index (κ3) is 3.90. The van der Waals surface area contributed by atoms with E-state index in [4.69, 9.17) is 9.84 Å². The molecule has 6 heteroatoms. The highest BCUT2D eigenvalue weighted by Gasteiger charge is 2.16. The topological polar surface area (TPSA) is 55.8 Å². The van der Waals surface area contributed by atoms with Crippen molar-refractivity contribution in [1.29, 1.82) is 0 Å². The molecule has 0 aliphatic heterocycles. The number of aromatic carboxylic acids is 1. The maximum absolute atomic E-state index is 12.1. The van der Waals surface area contributed by atoms with Crippen molar-refractivity contribution < 1.29 is 28.2 Å². The van der Waals surface area contributed by atoms with Crippen molar-refractivity contribution >= 4 is 5.97 Å². The Kier molecular flexibility index (Phi) is 4.68. The van der Waals surface area contributed by atoms with Gasteiger partial charge in [-0.2, -0.15) is 8.78 Å². The molecule has 1 rings (SSSR count). The molecular formula is C11H12F2O4. The molecule has 0 atom stereocenters. The molecule has 0 aromatic heterocycles. The summed E-state index contributed by atoms with van der Waals surface area (Å²) in [6.07, 6.45) is 0.756. The second kappa shape index (κ2) is 6.03. The summed E-state index contributed by atoms with van der Waals surface area (Å²) >= 11 is 0. The van der Waals surface area contributed by atoms with Crippen molar-refractivity contribution in [2.75, 3.05) is 6.61 Å². The van der Waals surface area contributed by atoms with Gasteiger partial charge in [0.2, 0.25) is 0 Å². The average molecular weight is 246 g/mol. The minimum Gasteiger partial charge on any atom is -0.493 e. The van der Waals surface area contributed by atoms with Gasteiger partial charge in [-0.1, -0.05) is 6.92 Å². The third-order valence-electron chi connectivity index (χ3n) is 1.87. The predicted molar refractivity (Wildman–Crippen MR) is 55.8 cm³/mol. The number of ether oxygens (including phenoxy) is 2. The highest BCUT2D eigenvalue weighted by molar-refractivity contribution is 5.91. The van der Waals surface area contributed by atoms with Crippen LogP contribution in [0, 0.1) is 0 Å². The van der Waals surface area contributed by atoms with Crippen LogP contribution >= 0.6 is 0 Å². The van der Waals surface area contributed by atoms with Gasteiger partial charge in [-0.25, -0.2) is 4.79 Å². The number of hydrogen-bond donors (Lipinski definition) is 1. The second-order valence-electron chi connectivity index (χ2n) is 3.19. The van der Waals surface area contributed by atoms with Crippen LogP contribution in [0.4, 0.5) is 8.78 Å². The number of halogens is 2. The second-order valence-corrected chi connectivity index (χ2v) is 3.19. The molecule has 0 heterocycles. The van der Waals surface area contributed by atoms with Crippen LogP contribution in [-0.4, -0.2) is 24.3 Å². The molecule has 17 heavy (non-hydrogen) atoms. The lowest BCUT2D eigenvalue weighted by molar-refractivity contribution is -0.0504. The van der Waals surface area contributed by atoms with Crippen LogP contribution in [0.25, 0.3) is 0 Å². The summed E-state index contributed by atoms with van der Waals surface area (Å²) in [5, 5.41) is 8.78. The fourth-order valence-corrected chi connectivity index (χ4v) is 1.18. The summed E-state index contributed by atoms with van der Waals surface area (Å²) in [4.78, 5) is 10.8. The number of rotatable bonds is 6. The van der Waals surface area contributed by atoms with Crippen LogP contribution in [0.1, 0.15) is 23.7 Å². The summed E-state index contributed by atoms with van der Waals surface area (Å²) in [5.41, 5.74) is -0.325. The maximum Gasteiger partial charge on any atom is 0.387 e. The molecular weight excluding hydrogens is 234 g/mol. The SMILES string of the molecule is CCCOc1ccc(C(=O)O)c(OC(F)F)c1. The van der Waals surface area contributed by atoms with Crippen molar-refractivity contribution in [3.8, 4) is 11.5 Å². The molecule has 0 fully saturated rings. The lowest BCUT2D eigenvalue weighted by Crippen LogP contribution is -2.08. The van der Waals surface area contributed by atoms with E-state index in [0.29, 0.717) is 12.4 Å². The van der Waals surface area contributed by atoms with Gasteiger partial charge in [0.25, 0.3) is 0 Å². The van der Waals surface area contributed by atoms with Gasteiger partial charge in [-0.3, -0.25) is 0 Å². The van der Waals surface area contributed by atoms with E-state index in [-0.39, 0.29) is 5.56 Å². The first-order valence-electron chi connectivity index (χ1n) is 4.99. The van der Waals surface area contributed by atoms with Crippen molar-refractivity contribution in [2.45, 2.75) is 20.0 Å². The van der Waals surface area contributed by atoms with Crippen molar-refractivity contribution in [3.63, 3.8) is 0 Å². The van der Waals surface area contributed by atoms with Crippen LogP contribution in [0.5, 0.6) is 11.5 Å². The highest BCUT2D eigenvalue weighted by atomic mass is 19.3. The Bertz CT molecular complexity index is 393. The van der Waals surface area contributed by atoms with E-state index in [9.17, 15) is 13.6 Å². The Balaban J connectivity index is 2.97. The van der Waals surface area contributed by atoms with E-state index in [1.807, 2.05) is 6.92 Å². The fraction of sp³-hybridized carbons (Fsp3) is 0.364. The molecule has 0 bridgehead atoms. The van der Waals surface area contributed by atoms with Crippen LogP contribution in [0.3, 0.4) is 0 Å². The van der Waals surface area contributed by atoms with E-state index in [0.717, 1.165) is 12.5 Å². The highest BCUT2D eigenvalue weighted by Crippen LogP contribution is 2.26. The molecule has 0 amide bonds. The molecule has 0 saturated heterocycles. The number of hydrogen-bond acceptors (Lipinski definition) is 3. The Morgan fingerprint density at radius 3 is 2.71 bits per heavy atom. The summed E-state index contributed by atoms with van der Waals surface area (Å²) in [6.45, 7) is -0.766. The van der Waals surface area contributed by atoms with Gasteiger partial charge in [0.05, 0.1) is 6.61 Å². The Morgan fingerprint density at radius 2 is 2.18 bits per heavy atom. The first-order valence-corrected chi connectivity index (χ1v) is 4.99. The van der Waals surface area contributed by atoms with Crippen LogP contribution in [-0.2, 0) is 0 Å². The monoisotopic (exact) mass is 246 g/mol. The maximum atomic E-state index is 12.1. The van der Waals surface area contributed by atoms with E-state index in [1.165, 1.54) is 12.1 Å². The van der Waals surface area contributed by atoms with Crippen LogP contribution < -0.4 is 9.47 Å². The van der Waals surface area contributed by atoms with E-state index in [1.54, 1.807) is 0 Å². The standard InChI is InChI=1S/C11H12F2O4/c1-2-5-16-7-3-4-8(10(14)15)9(6-7)17-11(12)13/h3-4,6,11H,2,5H2,1H3,(H,14,15). The summed E-state index contributed by atoms with van der Waals surface area (Å²) in [5.74, 6) is -1.43. The molecule has 4 nitrogen and oxygen atoms in total. The number of benzene rings is 1. The van der Waals surface area contributed by atoms with Crippen molar-refractivity contribution in [3.05, 3.63) is 23.8 Å². The Hall–Kier alpha value is -1.85. The van der Waals surface area contributed by atoms with E-state index >= 15 is 0 Å². The first kappa shape index (κ1) is 13.2. The quantitative estimate of drug-likeness (QED) is 0.838. The summed E-state index contributed by atoms with van der Waals surface area (Å²) in [7, 11) is 0. The van der Waals surface area contributed by atoms with Gasteiger partial charge >= 0.3 is 12.6 Å². The smallest absolute Gasteiger partial charge is 0.387 e. The Morgan fingerprint density at radius 1 is 1.47 bits per heavy atom. The molecule has 0 radical (unpaired) electrons. The zero-order chi connectivity index (χ0) is 12.8. The van der Waals surface area contributed by atoms with Gasteiger partial charge in [0.1, 0.15) is 17.1 Å². The van der Waals surface area contributed by atoms with E-state index in [2.05, 4.69) is 4.74 Å². The number of carboxylic acids is 1. The number of alkyl halides is 2. The molecule has 1 N–H and O–H groups in total. The minimum atomic E-state index is -3.07. The molecule has 0 aliphatic rings. The van der Waals surface area contributed by atoms with E-state index < -0.39 is 18.3 Å². The Labute approximate surface area is 96.8 Å². The third-order valence-corrected chi connectivity index (χ3v) is 1.87. The van der Waals surface area contributed by atoms with Crippen LogP contribution in [0.2, 0.25) is 0 Å². The largest absolute Gasteiger partial charge is 0.493 e. The van der Waals surface area contributed by atoms with Gasteiger partial charge in [0.15, 0.2) is 0 Å². The average Bonchev–Trinajstić information content (AvgIpc) is 2.25. The molecule has 0 spiro atoms. The van der Waals surface area contributed by atoms with Crippen molar-refractivity contribution in [2.24, 2.45) is 0 Å². The van der Waals surface area contributed by atoms with Gasteiger partial charge in [0, 0.05) is 6.07 Å². The minimum absolute atomic E-state index is 0.299. The molecule has 1 aromatic rings. The lowest BCUT2D eigenvalue weighted by Gasteiger charge is -2.10. The van der Waals surface area contributed by atoms with Gasteiger partial charge in [-0.05, 0) is 18.6 Å². The van der Waals surface area contributed by atoms with Crippen molar-refractivity contribution in [1.82, 2.24) is 0 Å². The zero-order valence-electron chi connectivity index (χ0n) is 9.15. The lowest BCUT2D eigenvalue weighted by atomic mass is 10.2. The predicted octanol–water partition coefficient (Wildman–Crippen LogP) is 2.78. The molecule has 0 saturated carbocycles. The molecule has 0 aliphatic carbocycles. The molecule has 0 unspecified atom stereocenters. The molecule has 1 aromatic carbocycles. The number of carbonyl (C=O) groups is 1. The zero-order valence-corrected chi connectivity index (χ0v) is 9.15. The molecule has 94 valence electrons. The fourth-order valence-electron chi connectivity index (χ4n) is 1.18. The van der Waals surface area contributed by atoms with Crippen LogP contribution in [0.15, 0.2) is 18.2 Å². The van der Waals surface area contributed by atoms with Gasteiger partial charge < -0.3 is 14.6 Å². The first-order chi connectivity index (χ1) is 8.04. The normalized spacial score (nSPS) is 10.4. The summed E-state index contributed by atoms with van der Waals surface area (Å²) in [6, 6.07) is 3.72. The summed E-state index contributed by atoms with van der Waals surface area (Å²) < 4.78 is 33.5. The van der Waals surface area contributed by atoms with Gasteiger partial charge in [-0.15, -0.1) is 0 Å². The number of carboxylic acid groups (broad SMARTS) is 1.